The van der Waals surface area contributed by atoms with Gasteiger partial charge in [0.1, 0.15) is 12.3 Å². The van der Waals surface area contributed by atoms with E-state index < -0.39 is 21.5 Å². The van der Waals surface area contributed by atoms with Gasteiger partial charge in [-0.3, -0.25) is 9.59 Å². The average Bonchev–Trinajstić information content (AvgIpc) is 2.82. The van der Waals surface area contributed by atoms with Crippen molar-refractivity contribution in [2.45, 2.75) is 31.7 Å². The Labute approximate surface area is 199 Å². The molecule has 0 aliphatic heterocycles. The van der Waals surface area contributed by atoms with Crippen molar-refractivity contribution in [1.82, 2.24) is 8.87 Å². The first-order chi connectivity index (χ1) is 16.3. The number of methoxy groups -OCH3 is 1. The third-order valence-electron chi connectivity index (χ3n) is 5.42. The molecule has 1 aromatic heterocycles. The number of carbonyl (C=O) groups excluding carboxylic acids is 1. The molecule has 3 rings (SSSR count). The van der Waals surface area contributed by atoms with E-state index in [0.29, 0.717) is 30.9 Å². The summed E-state index contributed by atoms with van der Waals surface area (Å²) >= 11 is 0. The minimum Gasteiger partial charge on any atom is -0.496 e. The highest BCUT2D eigenvalue weighted by atomic mass is 32.2. The Hall–Kier alpha value is -3.43. The van der Waals surface area contributed by atoms with E-state index in [-0.39, 0.29) is 11.4 Å². The lowest BCUT2D eigenvalue weighted by molar-refractivity contribution is -0.116. The molecule has 1 heterocycles. The molecule has 0 aliphatic carbocycles. The summed E-state index contributed by atoms with van der Waals surface area (Å²) in [5.74, 6) is 0.252. The third kappa shape index (κ3) is 5.92. The number of anilines is 1. The summed E-state index contributed by atoms with van der Waals surface area (Å²) in [6, 6.07) is 17.6. The van der Waals surface area contributed by atoms with E-state index in [1.54, 1.807) is 33.1 Å². The highest BCUT2D eigenvalue weighted by Gasteiger charge is 2.22. The molecule has 0 radical (unpaired) electrons. The zero-order valence-corrected chi connectivity index (χ0v) is 20.3. The smallest absolute Gasteiger partial charge is 0.251 e. The molecule has 0 atom stereocenters. The maximum Gasteiger partial charge on any atom is 0.251 e. The lowest BCUT2D eigenvalue weighted by Crippen LogP contribution is -2.33. The quantitative estimate of drug-likeness (QED) is 0.478. The molecular formula is C25H29N3O5S. The number of nitrogens with one attached hydrogen (secondary N) is 1. The average molecular weight is 484 g/mol. The Balaban J connectivity index is 1.79. The number of hydrogen-bond donors (Lipinski definition) is 1. The normalized spacial score (nSPS) is 11.4. The fourth-order valence-electron chi connectivity index (χ4n) is 3.66. The second-order valence-corrected chi connectivity index (χ2v) is 9.60. The van der Waals surface area contributed by atoms with Gasteiger partial charge in [-0.1, -0.05) is 44.2 Å². The Morgan fingerprint density at radius 2 is 1.74 bits per heavy atom. The molecule has 9 heteroatoms. The van der Waals surface area contributed by atoms with Crippen LogP contribution in [-0.2, 0) is 27.8 Å². The van der Waals surface area contributed by atoms with Crippen LogP contribution in [0.5, 0.6) is 5.75 Å². The maximum absolute atomic E-state index is 12.8. The molecule has 34 heavy (non-hydrogen) atoms. The van der Waals surface area contributed by atoms with E-state index in [0.717, 1.165) is 21.8 Å². The highest BCUT2D eigenvalue weighted by molar-refractivity contribution is 7.89. The molecule has 0 bridgehead atoms. The molecule has 0 aliphatic rings. The minimum absolute atomic E-state index is 0.0294. The van der Waals surface area contributed by atoms with Crippen molar-refractivity contribution in [3.63, 3.8) is 0 Å². The van der Waals surface area contributed by atoms with Crippen molar-refractivity contribution >= 4 is 21.6 Å². The van der Waals surface area contributed by atoms with Crippen molar-refractivity contribution in [1.29, 1.82) is 0 Å². The first-order valence-corrected chi connectivity index (χ1v) is 12.4. The zero-order valence-electron chi connectivity index (χ0n) is 19.5. The first-order valence-electron chi connectivity index (χ1n) is 11.0. The van der Waals surface area contributed by atoms with Gasteiger partial charge in [-0.05, 0) is 29.8 Å². The number of amides is 1. The van der Waals surface area contributed by atoms with Crippen molar-refractivity contribution in [2.24, 2.45) is 0 Å². The van der Waals surface area contributed by atoms with Gasteiger partial charge in [-0.2, -0.15) is 4.31 Å². The van der Waals surface area contributed by atoms with Crippen molar-refractivity contribution in [3.8, 4) is 5.75 Å². The SMILES string of the molecule is CCN(CC)S(=O)(=O)c1ccc(=O)n(CC(=O)Nc2ccc(OC)c(Cc3ccccc3)c2)c1. The molecule has 0 saturated heterocycles. The minimum atomic E-state index is -3.75. The Morgan fingerprint density at radius 3 is 2.38 bits per heavy atom. The molecule has 1 amide bonds. The lowest BCUT2D eigenvalue weighted by Gasteiger charge is -2.19. The summed E-state index contributed by atoms with van der Waals surface area (Å²) in [6.45, 7) is 3.78. The van der Waals surface area contributed by atoms with Crippen LogP contribution < -0.4 is 15.6 Å². The molecule has 3 aromatic rings. The van der Waals surface area contributed by atoms with Crippen LogP contribution >= 0.6 is 0 Å². The second-order valence-electron chi connectivity index (χ2n) is 7.66. The highest BCUT2D eigenvalue weighted by Crippen LogP contribution is 2.25. The Bertz CT molecular complexity index is 1300. The molecule has 0 fully saturated rings. The van der Waals surface area contributed by atoms with Crippen LogP contribution in [0.15, 0.2) is 76.6 Å². The monoisotopic (exact) mass is 483 g/mol. The van der Waals surface area contributed by atoms with Crippen LogP contribution in [-0.4, -0.2) is 43.4 Å². The number of sulfonamides is 1. The van der Waals surface area contributed by atoms with Gasteiger partial charge in [0, 0.05) is 43.0 Å². The number of carbonyl (C=O) groups is 1. The molecule has 2 aromatic carbocycles. The topological polar surface area (TPSA) is 97.7 Å². The summed E-state index contributed by atoms with van der Waals surface area (Å²) in [5.41, 5.74) is 2.09. The molecule has 8 nitrogen and oxygen atoms in total. The van der Waals surface area contributed by atoms with E-state index in [1.807, 2.05) is 36.4 Å². The third-order valence-corrected chi connectivity index (χ3v) is 7.45. The van der Waals surface area contributed by atoms with Crippen LogP contribution in [0.1, 0.15) is 25.0 Å². The second kappa shape index (κ2) is 11.1. The molecule has 1 N–H and O–H groups in total. The van der Waals surface area contributed by atoms with Gasteiger partial charge in [-0.15, -0.1) is 0 Å². The number of aromatic nitrogens is 1. The molecule has 180 valence electrons. The van der Waals surface area contributed by atoms with Crippen LogP contribution in [0.3, 0.4) is 0 Å². The fraction of sp³-hybridized carbons (Fsp3) is 0.280. The summed E-state index contributed by atoms with van der Waals surface area (Å²) < 4.78 is 33.4. The predicted octanol–water partition coefficient (Wildman–Crippen LogP) is 3.12. The molecule has 0 spiro atoms. The van der Waals surface area contributed by atoms with Crippen molar-refractivity contribution in [2.75, 3.05) is 25.5 Å². The number of benzene rings is 2. The number of nitrogens with zero attached hydrogens (tertiary/aromatic N) is 2. The number of hydrogen-bond acceptors (Lipinski definition) is 5. The number of pyridine rings is 1. The van der Waals surface area contributed by atoms with Gasteiger partial charge in [0.25, 0.3) is 5.56 Å². The Kier molecular flexibility index (Phi) is 8.25. The molecule has 0 unspecified atom stereocenters. The largest absolute Gasteiger partial charge is 0.496 e. The lowest BCUT2D eigenvalue weighted by atomic mass is 10.0. The van der Waals surface area contributed by atoms with E-state index >= 15 is 0 Å². The van der Waals surface area contributed by atoms with Gasteiger partial charge in [0.05, 0.1) is 12.0 Å². The van der Waals surface area contributed by atoms with Gasteiger partial charge in [0.2, 0.25) is 15.9 Å². The summed E-state index contributed by atoms with van der Waals surface area (Å²) in [5, 5.41) is 2.78. The summed E-state index contributed by atoms with van der Waals surface area (Å²) in [7, 11) is -2.16. The van der Waals surface area contributed by atoms with E-state index in [4.69, 9.17) is 4.74 Å². The van der Waals surface area contributed by atoms with Crippen molar-refractivity contribution < 1.29 is 17.9 Å². The van der Waals surface area contributed by atoms with Gasteiger partial charge in [-0.25, -0.2) is 8.42 Å². The van der Waals surface area contributed by atoms with Crippen LogP contribution in [0.4, 0.5) is 5.69 Å². The van der Waals surface area contributed by atoms with E-state index in [9.17, 15) is 18.0 Å². The first kappa shape index (κ1) is 25.2. The van der Waals surface area contributed by atoms with E-state index in [2.05, 4.69) is 5.32 Å². The number of ether oxygens (including phenoxy) is 1. The number of rotatable bonds is 10. The molecular weight excluding hydrogens is 454 g/mol. The fourth-order valence-corrected chi connectivity index (χ4v) is 5.14. The zero-order chi connectivity index (χ0) is 24.7. The van der Waals surface area contributed by atoms with Crippen LogP contribution in [0.2, 0.25) is 0 Å². The Morgan fingerprint density at radius 1 is 1.03 bits per heavy atom. The summed E-state index contributed by atoms with van der Waals surface area (Å²) in [6.07, 6.45) is 1.84. The maximum atomic E-state index is 12.8. The van der Waals surface area contributed by atoms with Gasteiger partial charge < -0.3 is 14.6 Å². The summed E-state index contributed by atoms with van der Waals surface area (Å²) in [4.78, 5) is 25.0. The van der Waals surface area contributed by atoms with Crippen LogP contribution in [0.25, 0.3) is 0 Å². The van der Waals surface area contributed by atoms with Gasteiger partial charge in [0.15, 0.2) is 0 Å². The molecule has 0 saturated carbocycles. The van der Waals surface area contributed by atoms with E-state index in [1.165, 1.54) is 16.6 Å². The predicted molar refractivity (Wildman–Crippen MR) is 132 cm³/mol. The van der Waals surface area contributed by atoms with Crippen LogP contribution in [0, 0.1) is 0 Å². The standard InChI is InChI=1S/C25H29N3O5S/c1-4-28(5-2)34(31,32)22-12-14-25(30)27(17-22)18-24(29)26-21-11-13-23(33-3)20(16-21)15-19-9-7-6-8-10-19/h6-14,16-17H,4-5,15,18H2,1-3H3,(H,26,29). The van der Waals surface area contributed by atoms with Crippen molar-refractivity contribution in [3.05, 3.63) is 88.3 Å². The van der Waals surface area contributed by atoms with Gasteiger partial charge >= 0.3 is 0 Å².